The first-order valence-electron chi connectivity index (χ1n) is 3.75. The van der Waals surface area contributed by atoms with Gasteiger partial charge in [0.15, 0.2) is 0 Å². The molecule has 0 aliphatic carbocycles. The second kappa shape index (κ2) is 4.01. The molecule has 0 aliphatic rings. The van der Waals surface area contributed by atoms with Crippen LogP contribution in [0.4, 0.5) is 5.95 Å². The van der Waals surface area contributed by atoms with Crippen molar-refractivity contribution in [2.45, 2.75) is 12.6 Å². The van der Waals surface area contributed by atoms with E-state index in [-0.39, 0.29) is 19.1 Å². The highest BCUT2D eigenvalue weighted by Crippen LogP contribution is 1.96. The minimum absolute atomic E-state index is 0.0278. The number of rotatable bonds is 3. The summed E-state index contributed by atoms with van der Waals surface area (Å²) >= 11 is 0. The average molecular weight is 185 g/mol. The molecule has 0 saturated heterocycles. The maximum atomic E-state index is 10.7. The van der Waals surface area contributed by atoms with Crippen molar-refractivity contribution in [1.82, 2.24) is 9.55 Å². The molecule has 4 N–H and O–H groups in total. The molecule has 0 aromatic carbocycles. The Morgan fingerprint density at radius 1 is 1.69 bits per heavy atom. The van der Waals surface area contributed by atoms with Crippen LogP contribution in [0.5, 0.6) is 0 Å². The van der Waals surface area contributed by atoms with E-state index in [1.54, 1.807) is 0 Å². The summed E-state index contributed by atoms with van der Waals surface area (Å²) in [6, 6.07) is 1.24. The van der Waals surface area contributed by atoms with E-state index in [4.69, 9.17) is 15.9 Å². The Bertz CT molecular complexity index is 336. The lowest BCUT2D eigenvalue weighted by Gasteiger charge is -2.11. The fourth-order valence-corrected chi connectivity index (χ4v) is 0.884. The first-order chi connectivity index (χ1) is 6.13. The summed E-state index contributed by atoms with van der Waals surface area (Å²) in [5, 5.41) is 17.6. The van der Waals surface area contributed by atoms with Crippen LogP contribution in [0.15, 0.2) is 17.1 Å². The van der Waals surface area contributed by atoms with Crippen molar-refractivity contribution in [2.24, 2.45) is 0 Å². The first kappa shape index (κ1) is 9.69. The number of nitrogen functional groups attached to an aromatic ring is 1. The Morgan fingerprint density at radius 3 is 2.92 bits per heavy atom. The summed E-state index contributed by atoms with van der Waals surface area (Å²) in [7, 11) is 0. The molecule has 72 valence electrons. The normalized spacial score (nSPS) is 12.8. The van der Waals surface area contributed by atoms with Gasteiger partial charge >= 0.3 is 0 Å². The fraction of sp³-hybridized carbons (Fsp3) is 0.429. The van der Waals surface area contributed by atoms with E-state index in [9.17, 15) is 4.79 Å². The molecule has 6 nitrogen and oxygen atoms in total. The standard InChI is InChI=1S/C7H11N3O3/c8-7-9-6(13)1-2-10(7)3-5(12)4-11/h1-2,5,11-12H,3-4H2,(H2,8,9,13)/t5-/m0/s1. The highest BCUT2D eigenvalue weighted by Gasteiger charge is 2.04. The predicted molar refractivity (Wildman–Crippen MR) is 46.0 cm³/mol. The van der Waals surface area contributed by atoms with Gasteiger partial charge in [-0.25, -0.2) is 0 Å². The van der Waals surface area contributed by atoms with Crippen LogP contribution in [0.3, 0.4) is 0 Å². The number of hydrogen-bond donors (Lipinski definition) is 3. The number of hydrogen-bond acceptors (Lipinski definition) is 5. The quantitative estimate of drug-likeness (QED) is 0.514. The van der Waals surface area contributed by atoms with Crippen LogP contribution in [-0.2, 0) is 6.54 Å². The molecule has 1 atom stereocenters. The number of anilines is 1. The van der Waals surface area contributed by atoms with Gasteiger partial charge in [0.25, 0.3) is 5.56 Å². The molecule has 13 heavy (non-hydrogen) atoms. The van der Waals surface area contributed by atoms with Crippen molar-refractivity contribution in [1.29, 1.82) is 0 Å². The molecular weight excluding hydrogens is 174 g/mol. The monoisotopic (exact) mass is 185 g/mol. The zero-order valence-corrected chi connectivity index (χ0v) is 6.92. The van der Waals surface area contributed by atoms with Gasteiger partial charge in [-0.1, -0.05) is 0 Å². The van der Waals surface area contributed by atoms with Gasteiger partial charge in [0, 0.05) is 12.3 Å². The Labute approximate surface area is 74.3 Å². The fourth-order valence-electron chi connectivity index (χ4n) is 0.884. The molecule has 0 amide bonds. The van der Waals surface area contributed by atoms with Gasteiger partial charge in [-0.3, -0.25) is 4.79 Å². The molecule has 1 aromatic rings. The largest absolute Gasteiger partial charge is 0.394 e. The van der Waals surface area contributed by atoms with E-state index >= 15 is 0 Å². The van der Waals surface area contributed by atoms with Crippen molar-refractivity contribution < 1.29 is 10.2 Å². The number of aliphatic hydroxyl groups excluding tert-OH is 2. The van der Waals surface area contributed by atoms with Crippen molar-refractivity contribution >= 4 is 5.95 Å². The van der Waals surface area contributed by atoms with Crippen molar-refractivity contribution in [3.05, 3.63) is 22.6 Å². The molecule has 0 radical (unpaired) electrons. The molecule has 0 fully saturated rings. The van der Waals surface area contributed by atoms with Crippen LogP contribution in [0.25, 0.3) is 0 Å². The van der Waals surface area contributed by atoms with Crippen LogP contribution in [0.2, 0.25) is 0 Å². The molecular formula is C7H11N3O3. The zero-order valence-electron chi connectivity index (χ0n) is 6.92. The van der Waals surface area contributed by atoms with Gasteiger partial charge in [-0.15, -0.1) is 0 Å². The highest BCUT2D eigenvalue weighted by molar-refractivity contribution is 5.15. The van der Waals surface area contributed by atoms with Crippen molar-refractivity contribution in [3.8, 4) is 0 Å². The summed E-state index contributed by atoms with van der Waals surface area (Å²) in [5.41, 5.74) is 4.96. The highest BCUT2D eigenvalue weighted by atomic mass is 16.3. The molecule has 0 saturated carbocycles. The molecule has 0 bridgehead atoms. The minimum atomic E-state index is -0.897. The Balaban J connectivity index is 2.83. The smallest absolute Gasteiger partial charge is 0.274 e. The summed E-state index contributed by atoms with van der Waals surface area (Å²) in [6.07, 6.45) is 0.524. The van der Waals surface area contributed by atoms with Gasteiger partial charge in [0.05, 0.1) is 19.3 Å². The summed E-state index contributed by atoms with van der Waals surface area (Å²) in [5.74, 6) is 0.0278. The number of nitrogens with zero attached hydrogens (tertiary/aromatic N) is 2. The van der Waals surface area contributed by atoms with E-state index in [0.717, 1.165) is 0 Å². The van der Waals surface area contributed by atoms with Crippen molar-refractivity contribution in [3.63, 3.8) is 0 Å². The molecule has 0 unspecified atom stereocenters. The maximum absolute atomic E-state index is 10.7. The molecule has 1 aromatic heterocycles. The number of nitrogens with two attached hydrogens (primary N) is 1. The maximum Gasteiger partial charge on any atom is 0.274 e. The van der Waals surface area contributed by atoms with E-state index in [1.807, 2.05) is 0 Å². The summed E-state index contributed by atoms with van der Waals surface area (Å²) in [4.78, 5) is 14.1. The zero-order chi connectivity index (χ0) is 9.84. The SMILES string of the molecule is Nc1nc(=O)ccn1C[C@H](O)CO. The lowest BCUT2D eigenvalue weighted by Crippen LogP contribution is -2.24. The second-order valence-corrected chi connectivity index (χ2v) is 2.61. The minimum Gasteiger partial charge on any atom is -0.394 e. The third kappa shape index (κ3) is 2.53. The lowest BCUT2D eigenvalue weighted by atomic mass is 10.4. The Kier molecular flexibility index (Phi) is 2.99. The van der Waals surface area contributed by atoms with E-state index in [2.05, 4.69) is 4.98 Å². The molecule has 0 spiro atoms. The third-order valence-electron chi connectivity index (χ3n) is 1.53. The second-order valence-electron chi connectivity index (χ2n) is 2.61. The van der Waals surface area contributed by atoms with Gasteiger partial charge in [-0.2, -0.15) is 4.98 Å². The lowest BCUT2D eigenvalue weighted by molar-refractivity contribution is 0.0813. The van der Waals surface area contributed by atoms with Crippen LogP contribution >= 0.6 is 0 Å². The number of aliphatic hydroxyl groups is 2. The number of aromatic nitrogens is 2. The molecule has 1 rings (SSSR count). The Hall–Kier alpha value is -1.40. The Morgan fingerprint density at radius 2 is 2.38 bits per heavy atom. The van der Waals surface area contributed by atoms with Gasteiger partial charge in [0.2, 0.25) is 5.95 Å². The molecule has 6 heteroatoms. The van der Waals surface area contributed by atoms with E-state index in [1.165, 1.54) is 16.8 Å². The molecule has 0 aliphatic heterocycles. The summed E-state index contributed by atoms with van der Waals surface area (Å²) < 4.78 is 1.39. The van der Waals surface area contributed by atoms with E-state index < -0.39 is 11.7 Å². The van der Waals surface area contributed by atoms with Crippen LogP contribution in [-0.4, -0.2) is 32.5 Å². The van der Waals surface area contributed by atoms with Gasteiger partial charge in [0.1, 0.15) is 0 Å². The predicted octanol–water partition coefficient (Wildman–Crippen LogP) is -1.82. The van der Waals surface area contributed by atoms with Crippen LogP contribution < -0.4 is 11.3 Å². The van der Waals surface area contributed by atoms with Gasteiger partial charge < -0.3 is 20.5 Å². The third-order valence-corrected chi connectivity index (χ3v) is 1.53. The topological polar surface area (TPSA) is 101 Å². The summed E-state index contributed by atoms with van der Waals surface area (Å²) in [6.45, 7) is -0.235. The molecule has 1 heterocycles. The van der Waals surface area contributed by atoms with Crippen molar-refractivity contribution in [2.75, 3.05) is 12.3 Å². The average Bonchev–Trinajstić information content (AvgIpc) is 2.09. The first-order valence-corrected chi connectivity index (χ1v) is 3.75. The van der Waals surface area contributed by atoms with Crippen LogP contribution in [0.1, 0.15) is 0 Å². The van der Waals surface area contributed by atoms with Gasteiger partial charge in [-0.05, 0) is 0 Å². The van der Waals surface area contributed by atoms with E-state index in [0.29, 0.717) is 0 Å². The van der Waals surface area contributed by atoms with Crippen LogP contribution in [0, 0.1) is 0 Å².